The Morgan fingerprint density at radius 1 is 1.35 bits per heavy atom. The van der Waals surface area contributed by atoms with E-state index in [0.29, 0.717) is 6.54 Å². The number of rotatable bonds is 2. The van der Waals surface area contributed by atoms with Crippen molar-refractivity contribution in [1.82, 2.24) is 10.2 Å². The third kappa shape index (κ3) is 2.58. The minimum absolute atomic E-state index is 0.138. The number of piperidine rings is 1. The zero-order valence-electron chi connectivity index (χ0n) is 9.63. The van der Waals surface area contributed by atoms with Crippen LogP contribution < -0.4 is 5.32 Å². The summed E-state index contributed by atoms with van der Waals surface area (Å²) in [6.45, 7) is 1.67. The van der Waals surface area contributed by atoms with Crippen LogP contribution in [0.3, 0.4) is 0 Å². The van der Waals surface area contributed by atoms with Crippen LogP contribution in [0.4, 0.5) is 0 Å². The molecule has 0 saturated carbocycles. The van der Waals surface area contributed by atoms with Crippen molar-refractivity contribution in [1.29, 1.82) is 0 Å². The fourth-order valence-corrected chi connectivity index (χ4v) is 2.59. The van der Waals surface area contributed by atoms with E-state index >= 15 is 0 Å². The second-order valence-corrected chi connectivity index (χ2v) is 4.78. The van der Waals surface area contributed by atoms with Gasteiger partial charge in [0.2, 0.25) is 5.91 Å². The van der Waals surface area contributed by atoms with Crippen LogP contribution in [0.1, 0.15) is 19.3 Å². The molecule has 6 heteroatoms. The monoisotopic (exact) mass is 242 g/mol. The van der Waals surface area contributed by atoms with Gasteiger partial charge < -0.3 is 20.4 Å². The van der Waals surface area contributed by atoms with Crippen molar-refractivity contribution < 1.29 is 19.8 Å². The number of hydrogen-bond donors (Lipinski definition) is 3. The molecular weight excluding hydrogens is 224 g/mol. The molecule has 17 heavy (non-hydrogen) atoms. The Bertz CT molecular complexity index is 315. The van der Waals surface area contributed by atoms with Crippen LogP contribution in [-0.4, -0.2) is 58.8 Å². The molecule has 2 rings (SSSR count). The van der Waals surface area contributed by atoms with Gasteiger partial charge in [-0.2, -0.15) is 0 Å². The SMILES string of the molecule is O=C(O)[C@@H]1C[C@H](O)CN1C(=O)[C@H]1CCCNC1. The molecule has 3 N–H and O–H groups in total. The van der Waals surface area contributed by atoms with E-state index in [0.717, 1.165) is 19.4 Å². The maximum absolute atomic E-state index is 12.2. The standard InChI is InChI=1S/C11H18N2O4/c14-8-4-9(11(16)17)13(6-8)10(15)7-2-1-3-12-5-7/h7-9,12,14H,1-6H2,(H,16,17)/t7-,8-,9-/m0/s1. The lowest BCUT2D eigenvalue weighted by atomic mass is 9.98. The first-order valence-corrected chi connectivity index (χ1v) is 6.01. The first kappa shape index (κ1) is 12.3. The Labute approximate surface area is 99.6 Å². The summed E-state index contributed by atoms with van der Waals surface area (Å²) in [5, 5.41) is 21.7. The van der Waals surface area contributed by atoms with Crippen molar-refractivity contribution in [3.63, 3.8) is 0 Å². The number of likely N-dealkylation sites (tertiary alicyclic amines) is 1. The molecule has 0 aromatic heterocycles. The highest BCUT2D eigenvalue weighted by molar-refractivity contribution is 5.86. The number of amides is 1. The predicted molar refractivity (Wildman–Crippen MR) is 59.4 cm³/mol. The van der Waals surface area contributed by atoms with Crippen LogP contribution in [0.25, 0.3) is 0 Å². The predicted octanol–water partition coefficient (Wildman–Crippen LogP) is -0.968. The van der Waals surface area contributed by atoms with Crippen LogP contribution in [0.15, 0.2) is 0 Å². The maximum Gasteiger partial charge on any atom is 0.326 e. The van der Waals surface area contributed by atoms with Gasteiger partial charge in [-0.3, -0.25) is 4.79 Å². The summed E-state index contributed by atoms with van der Waals surface area (Å²) >= 11 is 0. The number of aliphatic hydroxyl groups excluding tert-OH is 1. The molecule has 2 fully saturated rings. The fourth-order valence-electron chi connectivity index (χ4n) is 2.59. The fraction of sp³-hybridized carbons (Fsp3) is 0.818. The first-order valence-electron chi connectivity index (χ1n) is 6.01. The van der Waals surface area contributed by atoms with Crippen molar-refractivity contribution in [3.8, 4) is 0 Å². The van der Waals surface area contributed by atoms with Crippen LogP contribution in [0, 0.1) is 5.92 Å². The largest absolute Gasteiger partial charge is 0.480 e. The van der Waals surface area contributed by atoms with Crippen molar-refractivity contribution in [2.24, 2.45) is 5.92 Å². The minimum Gasteiger partial charge on any atom is -0.480 e. The van der Waals surface area contributed by atoms with E-state index in [2.05, 4.69) is 5.32 Å². The molecule has 2 aliphatic rings. The molecule has 1 amide bonds. The van der Waals surface area contributed by atoms with Gasteiger partial charge in [0.05, 0.1) is 12.0 Å². The Hall–Kier alpha value is -1.14. The minimum atomic E-state index is -1.03. The topological polar surface area (TPSA) is 89.9 Å². The van der Waals surface area contributed by atoms with Crippen molar-refractivity contribution >= 4 is 11.9 Å². The van der Waals surface area contributed by atoms with Gasteiger partial charge in [0.25, 0.3) is 0 Å². The number of β-amino-alcohol motifs (C(OH)–C–C–N with tert-alkyl or cyclic N) is 1. The summed E-state index contributed by atoms with van der Waals surface area (Å²) in [6, 6.07) is -0.862. The van der Waals surface area contributed by atoms with Gasteiger partial charge in [0.1, 0.15) is 6.04 Å². The molecule has 0 spiro atoms. The molecule has 0 bridgehead atoms. The van der Waals surface area contributed by atoms with Gasteiger partial charge in [-0.1, -0.05) is 0 Å². The van der Waals surface area contributed by atoms with E-state index in [1.807, 2.05) is 0 Å². The Morgan fingerprint density at radius 2 is 2.12 bits per heavy atom. The van der Waals surface area contributed by atoms with Crippen LogP contribution in [0.2, 0.25) is 0 Å². The smallest absolute Gasteiger partial charge is 0.326 e. The lowest BCUT2D eigenvalue weighted by molar-refractivity contribution is -0.150. The third-order valence-electron chi connectivity index (χ3n) is 3.49. The number of carbonyl (C=O) groups is 2. The molecule has 0 unspecified atom stereocenters. The van der Waals surface area contributed by atoms with E-state index < -0.39 is 18.1 Å². The maximum atomic E-state index is 12.2. The van der Waals surface area contributed by atoms with E-state index in [1.165, 1.54) is 4.90 Å². The summed E-state index contributed by atoms with van der Waals surface area (Å²) < 4.78 is 0. The Kier molecular flexibility index (Phi) is 3.63. The first-order chi connectivity index (χ1) is 8.09. The number of aliphatic carboxylic acids is 1. The Balaban J connectivity index is 2.04. The molecule has 0 aliphatic carbocycles. The average molecular weight is 242 g/mol. The van der Waals surface area contributed by atoms with Crippen LogP contribution in [0.5, 0.6) is 0 Å². The van der Waals surface area contributed by atoms with Crippen molar-refractivity contribution in [2.75, 3.05) is 19.6 Å². The van der Waals surface area contributed by atoms with Crippen molar-refractivity contribution in [3.05, 3.63) is 0 Å². The summed E-state index contributed by atoms with van der Waals surface area (Å²) in [6.07, 6.45) is 1.16. The van der Waals surface area contributed by atoms with Crippen LogP contribution in [-0.2, 0) is 9.59 Å². The molecule has 0 aromatic carbocycles. The van der Waals surface area contributed by atoms with E-state index in [1.54, 1.807) is 0 Å². The van der Waals surface area contributed by atoms with E-state index in [4.69, 9.17) is 5.11 Å². The highest BCUT2D eigenvalue weighted by atomic mass is 16.4. The normalized spacial score (nSPS) is 33.7. The molecule has 2 aliphatic heterocycles. The Morgan fingerprint density at radius 3 is 2.71 bits per heavy atom. The number of nitrogens with zero attached hydrogens (tertiary/aromatic N) is 1. The molecule has 2 saturated heterocycles. The number of carboxylic acids is 1. The molecular formula is C11H18N2O4. The van der Waals surface area contributed by atoms with Crippen LogP contribution >= 0.6 is 0 Å². The van der Waals surface area contributed by atoms with Gasteiger partial charge >= 0.3 is 5.97 Å². The second-order valence-electron chi connectivity index (χ2n) is 4.78. The summed E-state index contributed by atoms with van der Waals surface area (Å²) in [4.78, 5) is 24.5. The summed E-state index contributed by atoms with van der Waals surface area (Å²) in [5.74, 6) is -1.31. The molecule has 0 radical (unpaired) electrons. The summed E-state index contributed by atoms with van der Waals surface area (Å²) in [7, 11) is 0. The molecule has 0 aromatic rings. The highest BCUT2D eigenvalue weighted by Crippen LogP contribution is 2.23. The second kappa shape index (κ2) is 5.01. The summed E-state index contributed by atoms with van der Waals surface area (Å²) in [5.41, 5.74) is 0. The van der Waals surface area contributed by atoms with Gasteiger partial charge in [-0.15, -0.1) is 0 Å². The molecule has 96 valence electrons. The third-order valence-corrected chi connectivity index (χ3v) is 3.49. The number of aliphatic hydroxyl groups is 1. The lowest BCUT2D eigenvalue weighted by Gasteiger charge is -2.29. The van der Waals surface area contributed by atoms with Gasteiger partial charge in [0.15, 0.2) is 0 Å². The molecule has 3 atom stereocenters. The number of hydrogen-bond acceptors (Lipinski definition) is 4. The number of carbonyl (C=O) groups excluding carboxylic acids is 1. The lowest BCUT2D eigenvalue weighted by Crippen LogP contribution is -2.47. The quantitative estimate of drug-likeness (QED) is 0.580. The highest BCUT2D eigenvalue weighted by Gasteiger charge is 2.41. The zero-order valence-corrected chi connectivity index (χ0v) is 9.63. The number of nitrogens with one attached hydrogen (secondary N) is 1. The number of carboxylic acid groups (broad SMARTS) is 1. The van der Waals surface area contributed by atoms with Crippen molar-refractivity contribution in [2.45, 2.75) is 31.4 Å². The van der Waals surface area contributed by atoms with E-state index in [-0.39, 0.29) is 24.8 Å². The van der Waals surface area contributed by atoms with E-state index in [9.17, 15) is 14.7 Å². The molecule has 6 nitrogen and oxygen atoms in total. The molecule has 2 heterocycles. The average Bonchev–Trinajstić information content (AvgIpc) is 2.72. The van der Waals surface area contributed by atoms with Gasteiger partial charge in [-0.25, -0.2) is 4.79 Å². The van der Waals surface area contributed by atoms with Gasteiger partial charge in [-0.05, 0) is 19.4 Å². The zero-order chi connectivity index (χ0) is 12.4. The van der Waals surface area contributed by atoms with Gasteiger partial charge in [0, 0.05) is 19.5 Å².